The highest BCUT2D eigenvalue weighted by Gasteiger charge is 2.29. The van der Waals surface area contributed by atoms with Gasteiger partial charge in [0.25, 0.3) is 5.91 Å². The maximum Gasteiger partial charge on any atom is 0.286 e. The summed E-state index contributed by atoms with van der Waals surface area (Å²) in [5.41, 5.74) is 0.808. The lowest BCUT2D eigenvalue weighted by Crippen LogP contribution is -2.49. The molecule has 0 radical (unpaired) electrons. The van der Waals surface area contributed by atoms with Crippen molar-refractivity contribution in [2.75, 3.05) is 26.2 Å². The summed E-state index contributed by atoms with van der Waals surface area (Å²) < 4.78 is 0. The maximum absolute atomic E-state index is 12.1. The zero-order valence-corrected chi connectivity index (χ0v) is 14.2. The average molecular weight is 350 g/mol. The molecular weight excluding hydrogens is 334 g/mol. The summed E-state index contributed by atoms with van der Waals surface area (Å²) in [6.07, 6.45) is 1.78. The van der Waals surface area contributed by atoms with Crippen LogP contribution in [0.15, 0.2) is 34.2 Å². The summed E-state index contributed by atoms with van der Waals surface area (Å²) in [5, 5.41) is 1.31. The van der Waals surface area contributed by atoms with Gasteiger partial charge in [-0.15, -0.1) is 0 Å². The van der Waals surface area contributed by atoms with Crippen molar-refractivity contribution in [2.24, 2.45) is 4.99 Å². The number of benzene rings is 1. The minimum atomic E-state index is -0.237. The van der Waals surface area contributed by atoms with E-state index in [4.69, 9.17) is 11.6 Å². The third-order valence-electron chi connectivity index (χ3n) is 3.80. The predicted molar refractivity (Wildman–Crippen MR) is 93.3 cm³/mol. The zero-order chi connectivity index (χ0) is 16.4. The van der Waals surface area contributed by atoms with Gasteiger partial charge in [0.2, 0.25) is 5.91 Å². The lowest BCUT2D eigenvalue weighted by atomic mass is 10.2. The third kappa shape index (κ3) is 3.59. The number of amides is 2. The highest BCUT2D eigenvalue weighted by molar-refractivity contribution is 8.18. The van der Waals surface area contributed by atoms with E-state index in [0.717, 1.165) is 5.56 Å². The third-order valence-corrected chi connectivity index (χ3v) is 5.19. The van der Waals surface area contributed by atoms with Crippen LogP contribution in [0.25, 0.3) is 6.08 Å². The van der Waals surface area contributed by atoms with E-state index in [9.17, 15) is 9.59 Å². The Balaban J connectivity index is 1.69. The number of thioether (sulfide) groups is 1. The molecule has 2 aliphatic heterocycles. The Kier molecular flexibility index (Phi) is 4.73. The second-order valence-corrected chi connectivity index (χ2v) is 6.74. The standard InChI is InChI=1S/C16H16ClN3O2S/c1-11(21)19-6-8-20(9-7-19)16-18-15(22)14(23-16)10-12-4-2-3-5-13(12)17/h2-5,10H,6-9H2,1H3/b14-10+. The minimum absolute atomic E-state index is 0.0843. The number of nitrogens with zero attached hydrogens (tertiary/aromatic N) is 3. The molecule has 0 aromatic heterocycles. The normalized spacial score (nSPS) is 20.2. The topological polar surface area (TPSA) is 53.0 Å². The predicted octanol–water partition coefficient (Wildman–Crippen LogP) is 2.47. The number of rotatable bonds is 1. The smallest absolute Gasteiger partial charge is 0.286 e. The van der Waals surface area contributed by atoms with E-state index in [1.807, 2.05) is 18.2 Å². The van der Waals surface area contributed by atoms with Gasteiger partial charge in [0.1, 0.15) is 0 Å². The van der Waals surface area contributed by atoms with E-state index >= 15 is 0 Å². The van der Waals surface area contributed by atoms with Crippen LogP contribution in [0.4, 0.5) is 0 Å². The summed E-state index contributed by atoms with van der Waals surface area (Å²) in [7, 11) is 0. The first kappa shape index (κ1) is 16.1. The summed E-state index contributed by atoms with van der Waals surface area (Å²) in [5.74, 6) is -0.153. The molecule has 2 heterocycles. The second-order valence-electron chi connectivity index (χ2n) is 5.32. The molecule has 1 fully saturated rings. The van der Waals surface area contributed by atoms with Crippen LogP contribution in [-0.4, -0.2) is 53.0 Å². The second kappa shape index (κ2) is 6.76. The number of carbonyl (C=O) groups is 2. The van der Waals surface area contributed by atoms with E-state index in [-0.39, 0.29) is 11.8 Å². The molecule has 7 heteroatoms. The van der Waals surface area contributed by atoms with Crippen LogP contribution in [0.3, 0.4) is 0 Å². The fraction of sp³-hybridized carbons (Fsp3) is 0.312. The van der Waals surface area contributed by atoms with Gasteiger partial charge in [-0.2, -0.15) is 4.99 Å². The zero-order valence-electron chi connectivity index (χ0n) is 12.7. The van der Waals surface area contributed by atoms with Crippen LogP contribution in [0, 0.1) is 0 Å². The Morgan fingerprint density at radius 3 is 2.61 bits per heavy atom. The van der Waals surface area contributed by atoms with Crippen LogP contribution in [0.2, 0.25) is 5.02 Å². The molecule has 120 valence electrons. The van der Waals surface area contributed by atoms with Gasteiger partial charge in [-0.1, -0.05) is 29.8 Å². The van der Waals surface area contributed by atoms with Crippen molar-refractivity contribution >= 4 is 46.4 Å². The van der Waals surface area contributed by atoms with Crippen LogP contribution in [0.5, 0.6) is 0 Å². The molecule has 2 amide bonds. The molecule has 0 bridgehead atoms. The molecule has 1 aromatic rings. The quantitative estimate of drug-likeness (QED) is 0.731. The van der Waals surface area contributed by atoms with Crippen molar-refractivity contribution < 1.29 is 9.59 Å². The molecule has 0 unspecified atom stereocenters. The van der Waals surface area contributed by atoms with Gasteiger partial charge in [-0.3, -0.25) is 9.59 Å². The molecule has 23 heavy (non-hydrogen) atoms. The van der Waals surface area contributed by atoms with E-state index in [1.54, 1.807) is 24.0 Å². The molecule has 1 saturated heterocycles. The van der Waals surface area contributed by atoms with E-state index in [0.29, 0.717) is 41.3 Å². The number of aliphatic imine (C=N–C) groups is 1. The summed E-state index contributed by atoms with van der Waals surface area (Å²) in [6, 6.07) is 7.39. The Bertz CT molecular complexity index is 709. The Morgan fingerprint density at radius 2 is 1.96 bits per heavy atom. The van der Waals surface area contributed by atoms with Gasteiger partial charge < -0.3 is 9.80 Å². The molecular formula is C16H16ClN3O2S. The van der Waals surface area contributed by atoms with E-state index in [1.165, 1.54) is 11.8 Å². The van der Waals surface area contributed by atoms with Crippen molar-refractivity contribution in [1.82, 2.24) is 9.80 Å². The number of carbonyl (C=O) groups excluding carboxylic acids is 2. The van der Waals surface area contributed by atoms with Crippen molar-refractivity contribution in [1.29, 1.82) is 0 Å². The highest BCUT2D eigenvalue weighted by Crippen LogP contribution is 2.32. The lowest BCUT2D eigenvalue weighted by Gasteiger charge is -2.34. The molecule has 5 nitrogen and oxygen atoms in total. The molecule has 0 aliphatic carbocycles. The summed E-state index contributed by atoms with van der Waals surface area (Å²) in [4.78, 5) is 32.0. The molecule has 2 aliphatic rings. The van der Waals surface area contributed by atoms with Crippen molar-refractivity contribution in [3.05, 3.63) is 39.8 Å². The first-order valence-corrected chi connectivity index (χ1v) is 8.51. The monoisotopic (exact) mass is 349 g/mol. The number of amidine groups is 1. The average Bonchev–Trinajstić information content (AvgIpc) is 2.91. The minimum Gasteiger partial charge on any atom is -0.347 e. The first-order chi connectivity index (χ1) is 11.0. The molecule has 0 saturated carbocycles. The van der Waals surface area contributed by atoms with Gasteiger partial charge >= 0.3 is 0 Å². The van der Waals surface area contributed by atoms with E-state index in [2.05, 4.69) is 9.89 Å². The molecule has 3 rings (SSSR count). The van der Waals surface area contributed by atoms with Gasteiger partial charge in [0.15, 0.2) is 5.17 Å². The Hall–Kier alpha value is -1.79. The number of hydrogen-bond donors (Lipinski definition) is 0. The SMILES string of the molecule is CC(=O)N1CCN(C2=NC(=O)/C(=C\c3ccccc3Cl)S2)CC1. The van der Waals surface area contributed by atoms with Crippen LogP contribution in [0.1, 0.15) is 12.5 Å². The van der Waals surface area contributed by atoms with Crippen molar-refractivity contribution in [3.63, 3.8) is 0 Å². The number of halogens is 1. The van der Waals surface area contributed by atoms with Crippen molar-refractivity contribution in [2.45, 2.75) is 6.92 Å². The molecule has 0 atom stereocenters. The van der Waals surface area contributed by atoms with Crippen LogP contribution < -0.4 is 0 Å². The molecule has 1 aromatic carbocycles. The largest absolute Gasteiger partial charge is 0.347 e. The first-order valence-electron chi connectivity index (χ1n) is 7.32. The van der Waals surface area contributed by atoms with E-state index < -0.39 is 0 Å². The van der Waals surface area contributed by atoms with Crippen molar-refractivity contribution in [3.8, 4) is 0 Å². The Labute approximate surface area is 144 Å². The summed E-state index contributed by atoms with van der Waals surface area (Å²) >= 11 is 7.49. The number of hydrogen-bond acceptors (Lipinski definition) is 4. The summed E-state index contributed by atoms with van der Waals surface area (Å²) in [6.45, 7) is 4.28. The van der Waals surface area contributed by atoms with Crippen LogP contribution in [-0.2, 0) is 9.59 Å². The van der Waals surface area contributed by atoms with Gasteiger partial charge in [-0.25, -0.2) is 0 Å². The fourth-order valence-electron chi connectivity index (χ4n) is 2.48. The molecule has 0 N–H and O–H groups in total. The Morgan fingerprint density at radius 1 is 1.26 bits per heavy atom. The van der Waals surface area contributed by atoms with Crippen LogP contribution >= 0.6 is 23.4 Å². The highest BCUT2D eigenvalue weighted by atomic mass is 35.5. The van der Waals surface area contributed by atoms with Gasteiger partial charge in [0, 0.05) is 38.1 Å². The number of piperazine rings is 1. The van der Waals surface area contributed by atoms with Gasteiger partial charge in [-0.05, 0) is 29.5 Å². The fourth-order valence-corrected chi connectivity index (χ4v) is 3.63. The van der Waals surface area contributed by atoms with Gasteiger partial charge in [0.05, 0.1) is 4.91 Å². The molecule has 0 spiro atoms. The maximum atomic E-state index is 12.1. The lowest BCUT2D eigenvalue weighted by molar-refractivity contribution is -0.130.